The van der Waals surface area contributed by atoms with Gasteiger partial charge in [-0.25, -0.2) is 4.98 Å². The van der Waals surface area contributed by atoms with Crippen LogP contribution >= 0.6 is 11.6 Å². The summed E-state index contributed by atoms with van der Waals surface area (Å²) in [6, 6.07) is 8.41. The van der Waals surface area contributed by atoms with Crippen LogP contribution in [-0.2, 0) is 4.79 Å². The zero-order valence-corrected chi connectivity index (χ0v) is 14.2. The quantitative estimate of drug-likeness (QED) is 0.768. The number of amides is 1. The molecule has 0 radical (unpaired) electrons. The summed E-state index contributed by atoms with van der Waals surface area (Å²) in [5.41, 5.74) is 1.21. The van der Waals surface area contributed by atoms with E-state index in [2.05, 4.69) is 10.3 Å². The van der Waals surface area contributed by atoms with Crippen molar-refractivity contribution in [3.8, 4) is 16.9 Å². The second-order valence-electron chi connectivity index (χ2n) is 4.50. The van der Waals surface area contributed by atoms with Crippen molar-refractivity contribution in [1.29, 1.82) is 0 Å². The summed E-state index contributed by atoms with van der Waals surface area (Å²) in [4.78, 5) is 26.1. The zero-order chi connectivity index (χ0) is 18.1. The first kappa shape index (κ1) is 19.4. The van der Waals surface area contributed by atoms with Gasteiger partial charge in [-0.3, -0.25) is 9.59 Å². The van der Waals surface area contributed by atoms with E-state index in [1.165, 1.54) is 12.3 Å². The van der Waals surface area contributed by atoms with Gasteiger partial charge in [-0.1, -0.05) is 37.6 Å². The number of aliphatic carboxylic acids is 1. The smallest absolute Gasteiger partial charge is 0.305 e. The predicted octanol–water partition coefficient (Wildman–Crippen LogP) is 3.34. The van der Waals surface area contributed by atoms with E-state index < -0.39 is 11.9 Å². The van der Waals surface area contributed by atoms with E-state index in [-0.39, 0.29) is 24.4 Å². The Morgan fingerprint density at radius 1 is 1.21 bits per heavy atom. The molecule has 1 aromatic heterocycles. The van der Waals surface area contributed by atoms with Gasteiger partial charge in [0.2, 0.25) is 0 Å². The summed E-state index contributed by atoms with van der Waals surface area (Å²) >= 11 is 5.90. The van der Waals surface area contributed by atoms with Crippen molar-refractivity contribution >= 4 is 23.5 Å². The second kappa shape index (κ2) is 9.52. The molecule has 0 aliphatic heterocycles. The van der Waals surface area contributed by atoms with E-state index in [1.54, 1.807) is 24.3 Å². The van der Waals surface area contributed by atoms with Crippen molar-refractivity contribution in [2.45, 2.75) is 20.3 Å². The average molecular weight is 351 g/mol. The van der Waals surface area contributed by atoms with Crippen LogP contribution < -0.4 is 5.32 Å². The molecule has 2 aromatic rings. The molecular weight excluding hydrogens is 332 g/mol. The fraction of sp³-hybridized carbons (Fsp3) is 0.235. The molecular formula is C17H19ClN2O4. The normalized spacial score (nSPS) is 9.62. The number of aromatic nitrogens is 1. The summed E-state index contributed by atoms with van der Waals surface area (Å²) in [6.45, 7) is 3.96. The molecule has 0 atom stereocenters. The third-order valence-electron chi connectivity index (χ3n) is 2.87. The number of carbonyl (C=O) groups excluding carboxylic acids is 1. The van der Waals surface area contributed by atoms with E-state index in [0.717, 1.165) is 5.56 Å². The second-order valence-corrected chi connectivity index (χ2v) is 4.94. The molecule has 0 saturated carbocycles. The minimum Gasteiger partial charge on any atom is -0.505 e. The molecule has 0 unspecified atom stereocenters. The Morgan fingerprint density at radius 2 is 1.92 bits per heavy atom. The van der Waals surface area contributed by atoms with Crippen LogP contribution in [0.3, 0.4) is 0 Å². The molecule has 1 heterocycles. The minimum atomic E-state index is -1.02. The van der Waals surface area contributed by atoms with E-state index >= 15 is 0 Å². The predicted molar refractivity (Wildman–Crippen MR) is 92.3 cm³/mol. The van der Waals surface area contributed by atoms with Crippen LogP contribution in [0.25, 0.3) is 11.1 Å². The molecule has 1 amide bonds. The fourth-order valence-electron chi connectivity index (χ4n) is 1.82. The maximum absolute atomic E-state index is 11.8. The van der Waals surface area contributed by atoms with Gasteiger partial charge in [0.1, 0.15) is 5.75 Å². The molecule has 2 rings (SSSR count). The van der Waals surface area contributed by atoms with Gasteiger partial charge in [-0.15, -0.1) is 0 Å². The van der Waals surface area contributed by atoms with Crippen molar-refractivity contribution in [2.24, 2.45) is 0 Å². The number of rotatable bonds is 5. The third-order valence-corrected chi connectivity index (χ3v) is 3.10. The maximum Gasteiger partial charge on any atom is 0.305 e. The summed E-state index contributed by atoms with van der Waals surface area (Å²) < 4.78 is 0. The number of benzene rings is 1. The number of halogens is 1. The number of carbonyl (C=O) groups is 2. The Hall–Kier alpha value is -2.60. The van der Waals surface area contributed by atoms with Gasteiger partial charge in [-0.2, -0.15) is 0 Å². The van der Waals surface area contributed by atoms with Gasteiger partial charge in [0.15, 0.2) is 5.69 Å². The molecule has 0 aliphatic rings. The lowest BCUT2D eigenvalue weighted by atomic mass is 10.1. The van der Waals surface area contributed by atoms with E-state index in [9.17, 15) is 14.7 Å². The number of pyridine rings is 1. The lowest BCUT2D eigenvalue weighted by Crippen LogP contribution is -2.26. The molecule has 0 fully saturated rings. The van der Waals surface area contributed by atoms with Crippen LogP contribution in [-0.4, -0.2) is 33.6 Å². The summed E-state index contributed by atoms with van der Waals surface area (Å²) in [6.07, 6.45) is 1.24. The molecule has 0 bridgehead atoms. The van der Waals surface area contributed by atoms with Gasteiger partial charge in [0.05, 0.1) is 6.42 Å². The number of carboxylic acids is 1. The van der Waals surface area contributed by atoms with Gasteiger partial charge in [0.25, 0.3) is 5.91 Å². The van der Waals surface area contributed by atoms with Crippen LogP contribution in [0, 0.1) is 0 Å². The Kier molecular flexibility index (Phi) is 7.71. The summed E-state index contributed by atoms with van der Waals surface area (Å²) in [5.74, 6) is -1.93. The number of hydrogen-bond donors (Lipinski definition) is 3. The van der Waals surface area contributed by atoms with Crippen LogP contribution in [0.15, 0.2) is 36.5 Å². The standard InChI is InChI=1S/C15H13ClN2O4.C2H6/c16-11-3-1-2-9(6-11)10-7-12(19)14(18-8-10)15(22)17-5-4-13(20)21;1-2/h1-3,6-8,19H,4-5H2,(H,17,22)(H,20,21);1-2H3. The molecule has 128 valence electrons. The highest BCUT2D eigenvalue weighted by molar-refractivity contribution is 6.30. The first-order chi connectivity index (χ1) is 11.5. The SMILES string of the molecule is CC.O=C(O)CCNC(=O)c1ncc(-c2cccc(Cl)c2)cc1O. The lowest BCUT2D eigenvalue weighted by Gasteiger charge is -2.07. The minimum absolute atomic E-state index is 0.0364. The zero-order valence-electron chi connectivity index (χ0n) is 13.4. The number of nitrogens with one attached hydrogen (secondary N) is 1. The fourth-order valence-corrected chi connectivity index (χ4v) is 2.01. The molecule has 7 heteroatoms. The van der Waals surface area contributed by atoms with E-state index in [0.29, 0.717) is 10.6 Å². The topological polar surface area (TPSA) is 99.5 Å². The molecule has 0 aliphatic carbocycles. The highest BCUT2D eigenvalue weighted by Gasteiger charge is 2.14. The largest absolute Gasteiger partial charge is 0.505 e. The van der Waals surface area contributed by atoms with Gasteiger partial charge < -0.3 is 15.5 Å². The van der Waals surface area contributed by atoms with Crippen molar-refractivity contribution in [1.82, 2.24) is 10.3 Å². The molecule has 24 heavy (non-hydrogen) atoms. The molecule has 0 saturated heterocycles. The van der Waals surface area contributed by atoms with Crippen LogP contribution in [0.4, 0.5) is 0 Å². The monoisotopic (exact) mass is 350 g/mol. The first-order valence-corrected chi connectivity index (χ1v) is 7.80. The van der Waals surface area contributed by atoms with Gasteiger partial charge in [0, 0.05) is 23.3 Å². The number of nitrogens with zero attached hydrogens (tertiary/aromatic N) is 1. The Labute approximate surface area is 145 Å². The van der Waals surface area contributed by atoms with Crippen molar-refractivity contribution < 1.29 is 19.8 Å². The summed E-state index contributed by atoms with van der Waals surface area (Å²) in [7, 11) is 0. The molecule has 3 N–H and O–H groups in total. The molecule has 1 aromatic carbocycles. The van der Waals surface area contributed by atoms with Crippen molar-refractivity contribution in [3.63, 3.8) is 0 Å². The van der Waals surface area contributed by atoms with Crippen LogP contribution in [0.5, 0.6) is 5.75 Å². The Bertz CT molecular complexity index is 719. The van der Waals surface area contributed by atoms with Gasteiger partial charge in [-0.05, 0) is 23.8 Å². The lowest BCUT2D eigenvalue weighted by molar-refractivity contribution is -0.136. The average Bonchev–Trinajstić information content (AvgIpc) is 2.56. The first-order valence-electron chi connectivity index (χ1n) is 7.42. The molecule has 6 nitrogen and oxygen atoms in total. The van der Waals surface area contributed by atoms with Crippen molar-refractivity contribution in [3.05, 3.63) is 47.2 Å². The highest BCUT2D eigenvalue weighted by atomic mass is 35.5. The number of carboxylic acid groups (broad SMARTS) is 1. The number of aromatic hydroxyl groups is 1. The van der Waals surface area contributed by atoms with Crippen LogP contribution in [0.1, 0.15) is 30.8 Å². The molecule has 0 spiro atoms. The van der Waals surface area contributed by atoms with E-state index in [1.807, 2.05) is 13.8 Å². The maximum atomic E-state index is 11.8. The Morgan fingerprint density at radius 3 is 2.50 bits per heavy atom. The third kappa shape index (κ3) is 5.55. The van der Waals surface area contributed by atoms with Crippen molar-refractivity contribution in [2.75, 3.05) is 6.54 Å². The number of hydrogen-bond acceptors (Lipinski definition) is 4. The highest BCUT2D eigenvalue weighted by Crippen LogP contribution is 2.26. The summed E-state index contributed by atoms with van der Waals surface area (Å²) in [5, 5.41) is 21.4. The van der Waals surface area contributed by atoms with Gasteiger partial charge >= 0.3 is 5.97 Å². The Balaban J connectivity index is 0.00000139. The van der Waals surface area contributed by atoms with Crippen LogP contribution in [0.2, 0.25) is 5.02 Å². The van der Waals surface area contributed by atoms with E-state index in [4.69, 9.17) is 16.7 Å².